The Morgan fingerprint density at radius 2 is 2.10 bits per heavy atom. The topological polar surface area (TPSA) is 27.0 Å². The zero-order valence-electron chi connectivity index (χ0n) is 12.1. The highest BCUT2D eigenvalue weighted by molar-refractivity contribution is 9.09. The van der Waals surface area contributed by atoms with Gasteiger partial charge in [-0.15, -0.1) is 0 Å². The van der Waals surface area contributed by atoms with Crippen LogP contribution in [0.25, 0.3) is 0 Å². The predicted molar refractivity (Wildman–Crippen MR) is 89.9 cm³/mol. The minimum atomic E-state index is 0.304. The highest BCUT2D eigenvalue weighted by Crippen LogP contribution is 2.20. The van der Waals surface area contributed by atoms with Gasteiger partial charge in [0, 0.05) is 18.1 Å². The van der Waals surface area contributed by atoms with E-state index in [2.05, 4.69) is 34.2 Å². The summed E-state index contributed by atoms with van der Waals surface area (Å²) in [6.45, 7) is 2.02. The first-order valence-electron chi connectivity index (χ1n) is 6.82. The molecular weight excluding hydrogens is 312 g/mol. The van der Waals surface area contributed by atoms with Crippen molar-refractivity contribution < 1.29 is 0 Å². The molecule has 106 valence electrons. The summed E-state index contributed by atoms with van der Waals surface area (Å²) >= 11 is 3.46. The normalized spacial score (nSPS) is 13.2. The van der Waals surface area contributed by atoms with Crippen molar-refractivity contribution in [3.05, 3.63) is 54.3 Å². The Morgan fingerprint density at radius 1 is 1.40 bits per heavy atom. The monoisotopic (exact) mass is 332 g/mol. The molecule has 0 bridgehead atoms. The number of halogens is 1. The zero-order chi connectivity index (χ0) is 14.8. The van der Waals surface area contributed by atoms with Crippen molar-refractivity contribution in [1.29, 1.82) is 5.26 Å². The first-order chi connectivity index (χ1) is 9.72. The van der Waals surface area contributed by atoms with Crippen LogP contribution in [0.4, 0.5) is 5.69 Å². The lowest BCUT2D eigenvalue weighted by atomic mass is 10.0. The van der Waals surface area contributed by atoms with Gasteiger partial charge in [-0.1, -0.05) is 46.3 Å². The van der Waals surface area contributed by atoms with Gasteiger partial charge in [0.25, 0.3) is 0 Å². The average molecular weight is 333 g/mol. The molecule has 0 spiro atoms. The van der Waals surface area contributed by atoms with E-state index in [1.165, 1.54) is 0 Å². The van der Waals surface area contributed by atoms with Crippen LogP contribution in [0.1, 0.15) is 19.8 Å². The summed E-state index contributed by atoms with van der Waals surface area (Å²) in [6, 6.07) is 12.3. The van der Waals surface area contributed by atoms with E-state index in [1.54, 1.807) is 0 Å². The van der Waals surface area contributed by atoms with Crippen molar-refractivity contribution in [1.82, 2.24) is 0 Å². The van der Waals surface area contributed by atoms with E-state index in [0.717, 1.165) is 23.9 Å². The SMILES string of the molecule is C/C=C/C(/C=C(/C#N)N(C)c1ccccc1)CCCBr. The number of hydrogen-bond donors (Lipinski definition) is 0. The van der Waals surface area contributed by atoms with E-state index in [1.807, 2.05) is 55.3 Å². The fraction of sp³-hybridized carbons (Fsp3) is 0.353. The van der Waals surface area contributed by atoms with Crippen LogP contribution in [0, 0.1) is 17.2 Å². The molecule has 0 N–H and O–H groups in total. The molecule has 0 aliphatic carbocycles. The van der Waals surface area contributed by atoms with Gasteiger partial charge in [0.2, 0.25) is 0 Å². The van der Waals surface area contributed by atoms with E-state index < -0.39 is 0 Å². The first-order valence-corrected chi connectivity index (χ1v) is 7.94. The molecule has 1 aromatic carbocycles. The molecule has 1 rings (SSSR count). The number of allylic oxidation sites excluding steroid dienone is 4. The van der Waals surface area contributed by atoms with Crippen molar-refractivity contribution >= 4 is 21.6 Å². The molecule has 0 aromatic heterocycles. The maximum absolute atomic E-state index is 9.41. The second-order valence-corrected chi connectivity index (χ2v) is 5.37. The second-order valence-electron chi connectivity index (χ2n) is 4.58. The van der Waals surface area contributed by atoms with Crippen LogP contribution < -0.4 is 4.90 Å². The van der Waals surface area contributed by atoms with Gasteiger partial charge in [0.15, 0.2) is 0 Å². The largest absolute Gasteiger partial charge is 0.336 e. The zero-order valence-corrected chi connectivity index (χ0v) is 13.7. The number of rotatable bonds is 7. The highest BCUT2D eigenvalue weighted by atomic mass is 79.9. The molecule has 0 radical (unpaired) electrons. The molecule has 3 heteroatoms. The van der Waals surface area contributed by atoms with Gasteiger partial charge in [-0.3, -0.25) is 0 Å². The summed E-state index contributed by atoms with van der Waals surface area (Å²) < 4.78 is 0. The second kappa shape index (κ2) is 9.39. The quantitative estimate of drug-likeness (QED) is 0.403. The molecule has 2 nitrogen and oxygen atoms in total. The molecule has 1 atom stereocenters. The lowest BCUT2D eigenvalue weighted by molar-refractivity contribution is 0.692. The lowest BCUT2D eigenvalue weighted by Crippen LogP contribution is -2.16. The fourth-order valence-corrected chi connectivity index (χ4v) is 2.34. The molecule has 0 amide bonds. The van der Waals surface area contributed by atoms with E-state index >= 15 is 0 Å². The maximum atomic E-state index is 9.41. The van der Waals surface area contributed by atoms with E-state index in [9.17, 15) is 5.26 Å². The Bertz CT molecular complexity index is 485. The van der Waals surface area contributed by atoms with Gasteiger partial charge < -0.3 is 4.90 Å². The summed E-state index contributed by atoms with van der Waals surface area (Å²) in [5.41, 5.74) is 1.72. The molecule has 0 heterocycles. The Labute approximate surface area is 130 Å². The van der Waals surface area contributed by atoms with Gasteiger partial charge in [0.05, 0.1) is 0 Å². The number of anilines is 1. The van der Waals surface area contributed by atoms with Crippen LogP contribution in [0.5, 0.6) is 0 Å². The Morgan fingerprint density at radius 3 is 2.65 bits per heavy atom. The minimum absolute atomic E-state index is 0.304. The average Bonchev–Trinajstić information content (AvgIpc) is 2.50. The first kappa shape index (κ1) is 16.5. The third kappa shape index (κ3) is 5.22. The van der Waals surface area contributed by atoms with Gasteiger partial charge in [-0.2, -0.15) is 5.26 Å². The van der Waals surface area contributed by atoms with E-state index in [0.29, 0.717) is 11.6 Å². The minimum Gasteiger partial charge on any atom is -0.336 e. The smallest absolute Gasteiger partial charge is 0.117 e. The van der Waals surface area contributed by atoms with Crippen molar-refractivity contribution in [2.75, 3.05) is 17.3 Å². The Kier molecular flexibility index (Phi) is 7.75. The van der Waals surface area contributed by atoms with Crippen molar-refractivity contribution in [2.45, 2.75) is 19.8 Å². The van der Waals surface area contributed by atoms with Crippen molar-refractivity contribution in [2.24, 2.45) is 5.92 Å². The van der Waals surface area contributed by atoms with Crippen LogP contribution in [0.3, 0.4) is 0 Å². The predicted octanol–water partition coefficient (Wildman–Crippen LogP) is 4.90. The lowest BCUT2D eigenvalue weighted by Gasteiger charge is -2.19. The number of nitriles is 1. The molecule has 0 saturated carbocycles. The summed E-state index contributed by atoms with van der Waals surface area (Å²) in [5.74, 6) is 0.304. The van der Waals surface area contributed by atoms with Gasteiger partial charge in [0.1, 0.15) is 11.8 Å². The molecule has 0 aliphatic heterocycles. The summed E-state index contributed by atoms with van der Waals surface area (Å²) in [5, 5.41) is 10.4. The number of hydrogen-bond acceptors (Lipinski definition) is 2. The standard InChI is InChI=1S/C17H21BrN2/c1-3-8-15(9-7-12-18)13-17(14-19)20(2)16-10-5-4-6-11-16/h3-6,8,10-11,13,15H,7,9,12H2,1-2H3/b8-3+,17-13-. The number of benzene rings is 1. The molecule has 1 unspecified atom stereocenters. The highest BCUT2D eigenvalue weighted by Gasteiger charge is 2.09. The van der Waals surface area contributed by atoms with Crippen molar-refractivity contribution in [3.63, 3.8) is 0 Å². The summed E-state index contributed by atoms with van der Waals surface area (Å²) in [7, 11) is 1.93. The van der Waals surface area contributed by atoms with Crippen LogP contribution in [0.2, 0.25) is 0 Å². The Hall–Kier alpha value is -1.53. The molecule has 0 saturated heterocycles. The van der Waals surface area contributed by atoms with E-state index in [4.69, 9.17) is 0 Å². The summed E-state index contributed by atoms with van der Waals surface area (Å²) in [6.07, 6.45) is 8.39. The van der Waals surface area contributed by atoms with Crippen molar-refractivity contribution in [3.8, 4) is 6.07 Å². The molecule has 0 fully saturated rings. The van der Waals surface area contributed by atoms with Gasteiger partial charge in [-0.25, -0.2) is 0 Å². The molecule has 1 aromatic rings. The van der Waals surface area contributed by atoms with Gasteiger partial charge >= 0.3 is 0 Å². The third-order valence-electron chi connectivity index (χ3n) is 3.10. The third-order valence-corrected chi connectivity index (χ3v) is 3.66. The van der Waals surface area contributed by atoms with Crippen LogP contribution in [-0.4, -0.2) is 12.4 Å². The Balaban J connectivity index is 2.92. The summed E-state index contributed by atoms with van der Waals surface area (Å²) in [4.78, 5) is 1.94. The molecule has 0 aliphatic rings. The number of nitrogens with zero attached hydrogens (tertiary/aromatic N) is 2. The van der Waals surface area contributed by atoms with Crippen LogP contribution in [-0.2, 0) is 0 Å². The van der Waals surface area contributed by atoms with E-state index in [-0.39, 0.29) is 0 Å². The maximum Gasteiger partial charge on any atom is 0.117 e. The number of alkyl halides is 1. The number of para-hydroxylation sites is 1. The fourth-order valence-electron chi connectivity index (χ4n) is 2.01. The van der Waals surface area contributed by atoms with Crippen LogP contribution >= 0.6 is 15.9 Å². The van der Waals surface area contributed by atoms with Gasteiger partial charge in [-0.05, 0) is 43.9 Å². The molecular formula is C17H21BrN2. The van der Waals surface area contributed by atoms with Crippen LogP contribution in [0.15, 0.2) is 54.3 Å². The molecule has 20 heavy (non-hydrogen) atoms.